The fourth-order valence-electron chi connectivity index (χ4n) is 4.69. The molecule has 1 aromatic carbocycles. The number of benzene rings is 1. The van der Waals surface area contributed by atoms with Crippen molar-refractivity contribution >= 4 is 15.9 Å². The highest BCUT2D eigenvalue weighted by atomic mass is 32.2. The SMILES string of the molecule is C[C@H](C(=O)N1CCN(S(=O)(=O)c2ccccc2)CC1)N1CCC[C@@H]1c1cccn1C. The molecule has 4 rings (SSSR count). The molecule has 2 aliphatic heterocycles. The molecule has 2 aromatic rings. The third-order valence-corrected chi connectivity index (χ3v) is 8.32. The van der Waals surface area contributed by atoms with Crippen LogP contribution in [0.3, 0.4) is 0 Å². The maximum absolute atomic E-state index is 13.2. The van der Waals surface area contributed by atoms with E-state index in [2.05, 4.69) is 15.5 Å². The maximum Gasteiger partial charge on any atom is 0.243 e. The van der Waals surface area contributed by atoms with Gasteiger partial charge in [-0.25, -0.2) is 8.42 Å². The van der Waals surface area contributed by atoms with Crippen molar-refractivity contribution in [1.82, 2.24) is 18.7 Å². The molecule has 162 valence electrons. The van der Waals surface area contributed by atoms with Crippen LogP contribution < -0.4 is 0 Å². The lowest BCUT2D eigenvalue weighted by Crippen LogP contribution is -2.55. The summed E-state index contributed by atoms with van der Waals surface area (Å²) in [4.78, 5) is 17.6. The molecule has 0 N–H and O–H groups in total. The Bertz CT molecular complexity index is 981. The number of aryl methyl sites for hydroxylation is 1. The third kappa shape index (κ3) is 3.91. The number of amides is 1. The molecule has 7 nitrogen and oxygen atoms in total. The normalized spacial score (nSPS) is 22.3. The van der Waals surface area contributed by atoms with Crippen LogP contribution in [0.5, 0.6) is 0 Å². The van der Waals surface area contributed by atoms with E-state index in [1.54, 1.807) is 30.3 Å². The van der Waals surface area contributed by atoms with E-state index in [0.717, 1.165) is 19.4 Å². The molecule has 1 amide bonds. The van der Waals surface area contributed by atoms with Crippen LogP contribution in [0, 0.1) is 0 Å². The van der Waals surface area contributed by atoms with Gasteiger partial charge in [-0.15, -0.1) is 0 Å². The Kier molecular flexibility index (Phi) is 5.99. The molecule has 0 bridgehead atoms. The van der Waals surface area contributed by atoms with Crippen LogP contribution in [0.25, 0.3) is 0 Å². The Balaban J connectivity index is 1.40. The molecule has 2 aliphatic rings. The first kappa shape index (κ1) is 21.1. The topological polar surface area (TPSA) is 65.9 Å². The smallest absolute Gasteiger partial charge is 0.243 e. The Labute approximate surface area is 178 Å². The minimum Gasteiger partial charge on any atom is -0.353 e. The molecule has 8 heteroatoms. The van der Waals surface area contributed by atoms with Crippen molar-refractivity contribution in [2.75, 3.05) is 32.7 Å². The van der Waals surface area contributed by atoms with Gasteiger partial charge >= 0.3 is 0 Å². The molecular weight excluding hydrogens is 400 g/mol. The third-order valence-electron chi connectivity index (χ3n) is 6.41. The summed E-state index contributed by atoms with van der Waals surface area (Å²) in [5, 5.41) is 0. The van der Waals surface area contributed by atoms with Crippen molar-refractivity contribution < 1.29 is 13.2 Å². The lowest BCUT2D eigenvalue weighted by atomic mass is 10.1. The van der Waals surface area contributed by atoms with Gasteiger partial charge in [-0.2, -0.15) is 4.31 Å². The summed E-state index contributed by atoms with van der Waals surface area (Å²) in [5.41, 5.74) is 1.24. The largest absolute Gasteiger partial charge is 0.353 e. The van der Waals surface area contributed by atoms with E-state index in [-0.39, 0.29) is 18.0 Å². The number of rotatable bonds is 5. The summed E-state index contributed by atoms with van der Waals surface area (Å²) < 4.78 is 29.3. The number of sulfonamides is 1. The molecule has 2 fully saturated rings. The second-order valence-electron chi connectivity index (χ2n) is 8.16. The van der Waals surface area contributed by atoms with Gasteiger partial charge in [0.05, 0.1) is 17.0 Å². The second kappa shape index (κ2) is 8.53. The van der Waals surface area contributed by atoms with Gasteiger partial charge in [0.2, 0.25) is 15.9 Å². The standard InChI is InChI=1S/C22H30N4O3S/c1-18(26-13-7-11-21(26)20-10-6-12-23(20)2)22(27)24-14-16-25(17-15-24)30(28,29)19-8-4-3-5-9-19/h3-6,8-10,12,18,21H,7,11,13-17H2,1-2H3/t18-,21-/m1/s1. The summed E-state index contributed by atoms with van der Waals surface area (Å²) in [7, 11) is -1.46. The highest BCUT2D eigenvalue weighted by molar-refractivity contribution is 7.89. The predicted molar refractivity (Wildman–Crippen MR) is 115 cm³/mol. The zero-order valence-corrected chi connectivity index (χ0v) is 18.5. The minimum atomic E-state index is -3.51. The number of carbonyl (C=O) groups excluding carboxylic acids is 1. The van der Waals surface area contributed by atoms with Gasteiger partial charge in [0, 0.05) is 45.1 Å². The molecule has 0 aliphatic carbocycles. The molecular formula is C22H30N4O3S. The number of likely N-dealkylation sites (tertiary alicyclic amines) is 1. The summed E-state index contributed by atoms with van der Waals surface area (Å²) in [6.07, 6.45) is 4.18. The fourth-order valence-corrected chi connectivity index (χ4v) is 6.13. The second-order valence-corrected chi connectivity index (χ2v) is 10.1. The van der Waals surface area contributed by atoms with E-state index in [0.29, 0.717) is 31.1 Å². The molecule has 0 unspecified atom stereocenters. The Morgan fingerprint density at radius 1 is 1.00 bits per heavy atom. The zero-order chi connectivity index (χ0) is 21.3. The summed E-state index contributed by atoms with van der Waals surface area (Å²) in [6, 6.07) is 12.7. The van der Waals surface area contributed by atoms with Crippen LogP contribution in [-0.4, -0.2) is 71.8 Å². The van der Waals surface area contributed by atoms with E-state index in [9.17, 15) is 13.2 Å². The summed E-state index contributed by atoms with van der Waals surface area (Å²) >= 11 is 0. The Hall–Kier alpha value is -2.16. The highest BCUT2D eigenvalue weighted by Crippen LogP contribution is 2.34. The first-order valence-electron chi connectivity index (χ1n) is 10.6. The number of piperazine rings is 1. The van der Waals surface area contributed by atoms with Gasteiger partial charge in [-0.1, -0.05) is 18.2 Å². The van der Waals surface area contributed by atoms with Crippen molar-refractivity contribution in [3.05, 3.63) is 54.4 Å². The fraction of sp³-hybridized carbons (Fsp3) is 0.500. The van der Waals surface area contributed by atoms with E-state index in [1.807, 2.05) is 31.1 Å². The van der Waals surface area contributed by atoms with Crippen LogP contribution in [0.15, 0.2) is 53.6 Å². The van der Waals surface area contributed by atoms with Crippen LogP contribution in [0.2, 0.25) is 0 Å². The van der Waals surface area contributed by atoms with Crippen molar-refractivity contribution in [1.29, 1.82) is 0 Å². The van der Waals surface area contributed by atoms with Crippen molar-refractivity contribution in [3.8, 4) is 0 Å². The number of hydrogen-bond donors (Lipinski definition) is 0. The van der Waals surface area contributed by atoms with Gasteiger partial charge in [0.1, 0.15) is 0 Å². The van der Waals surface area contributed by atoms with Crippen LogP contribution >= 0.6 is 0 Å². The lowest BCUT2D eigenvalue weighted by Gasteiger charge is -2.38. The molecule has 0 radical (unpaired) electrons. The molecule has 30 heavy (non-hydrogen) atoms. The molecule has 3 heterocycles. The average Bonchev–Trinajstić information content (AvgIpc) is 3.42. The van der Waals surface area contributed by atoms with Crippen LogP contribution in [0.1, 0.15) is 31.5 Å². The number of aromatic nitrogens is 1. The average molecular weight is 431 g/mol. The zero-order valence-electron chi connectivity index (χ0n) is 17.6. The maximum atomic E-state index is 13.2. The van der Waals surface area contributed by atoms with Crippen molar-refractivity contribution in [3.63, 3.8) is 0 Å². The monoisotopic (exact) mass is 430 g/mol. The number of hydrogen-bond acceptors (Lipinski definition) is 4. The van der Waals surface area contributed by atoms with E-state index < -0.39 is 10.0 Å². The molecule has 2 saturated heterocycles. The first-order chi connectivity index (χ1) is 14.4. The van der Waals surface area contributed by atoms with Crippen LogP contribution in [0.4, 0.5) is 0 Å². The lowest BCUT2D eigenvalue weighted by molar-refractivity contribution is -0.138. The van der Waals surface area contributed by atoms with Gasteiger partial charge in [0.15, 0.2) is 0 Å². The summed E-state index contributed by atoms with van der Waals surface area (Å²) in [5.74, 6) is 0.0906. The van der Waals surface area contributed by atoms with Gasteiger partial charge in [-0.3, -0.25) is 9.69 Å². The van der Waals surface area contributed by atoms with Crippen molar-refractivity contribution in [2.24, 2.45) is 7.05 Å². The quantitative estimate of drug-likeness (QED) is 0.729. The summed E-state index contributed by atoms with van der Waals surface area (Å²) in [6.45, 7) is 4.41. The molecule has 1 aromatic heterocycles. The molecule has 2 atom stereocenters. The van der Waals surface area contributed by atoms with Crippen molar-refractivity contribution in [2.45, 2.75) is 36.7 Å². The predicted octanol–water partition coefficient (Wildman–Crippen LogP) is 2.08. The van der Waals surface area contributed by atoms with Gasteiger partial charge in [0.25, 0.3) is 0 Å². The minimum absolute atomic E-state index is 0.0906. The van der Waals surface area contributed by atoms with E-state index >= 15 is 0 Å². The first-order valence-corrected chi connectivity index (χ1v) is 12.0. The molecule has 0 saturated carbocycles. The molecule has 0 spiro atoms. The van der Waals surface area contributed by atoms with E-state index in [1.165, 1.54) is 10.00 Å². The van der Waals surface area contributed by atoms with Crippen LogP contribution in [-0.2, 0) is 21.9 Å². The van der Waals surface area contributed by atoms with E-state index in [4.69, 9.17) is 0 Å². The number of carbonyl (C=O) groups is 1. The van der Waals surface area contributed by atoms with Gasteiger partial charge < -0.3 is 9.47 Å². The number of nitrogens with zero attached hydrogens (tertiary/aromatic N) is 4. The van der Waals surface area contributed by atoms with Gasteiger partial charge in [-0.05, 0) is 50.6 Å². The Morgan fingerprint density at radius 2 is 1.70 bits per heavy atom. The highest BCUT2D eigenvalue weighted by Gasteiger charge is 2.37. The Morgan fingerprint density at radius 3 is 2.33 bits per heavy atom.